The van der Waals surface area contributed by atoms with Crippen molar-refractivity contribution in [2.75, 3.05) is 0 Å². The molecule has 1 aromatic carbocycles. The Morgan fingerprint density at radius 3 is 1.94 bits per heavy atom. The molecule has 0 aliphatic heterocycles. The summed E-state index contributed by atoms with van der Waals surface area (Å²) >= 11 is 0. The van der Waals surface area contributed by atoms with Crippen LogP contribution in [0.4, 0.5) is 0 Å². The van der Waals surface area contributed by atoms with E-state index >= 15 is 0 Å². The Morgan fingerprint density at radius 2 is 1.44 bits per heavy atom. The van der Waals surface area contributed by atoms with Crippen LogP contribution in [-0.4, -0.2) is 8.07 Å². The second-order valence-corrected chi connectivity index (χ2v) is 10.5. The highest BCUT2D eigenvalue weighted by Gasteiger charge is 2.25. The van der Waals surface area contributed by atoms with E-state index in [0.717, 1.165) is 0 Å². The standard InChI is InChI=1S/C15H26Si/c1-4-16(5-2,6-3)14-10-13-15-11-8-7-9-12-15/h7-9,11-12H,4-6,10,13-14H2,1-3H3. The normalized spacial score (nSPS) is 11.7. The van der Waals surface area contributed by atoms with Crippen LogP contribution >= 0.6 is 0 Å². The van der Waals surface area contributed by atoms with E-state index in [9.17, 15) is 0 Å². The first-order valence-corrected chi connectivity index (χ1v) is 9.63. The van der Waals surface area contributed by atoms with Crippen molar-refractivity contribution in [2.45, 2.75) is 57.8 Å². The molecule has 0 aromatic heterocycles. The highest BCUT2D eigenvalue weighted by atomic mass is 28.3. The van der Waals surface area contributed by atoms with E-state index in [2.05, 4.69) is 51.1 Å². The Morgan fingerprint density at radius 1 is 0.875 bits per heavy atom. The molecule has 1 rings (SSSR count). The SMILES string of the molecule is CC[Si](CC)(CC)CCCc1ccccc1. The third-order valence-electron chi connectivity index (χ3n) is 4.27. The summed E-state index contributed by atoms with van der Waals surface area (Å²) in [7, 11) is -0.871. The molecule has 0 fully saturated rings. The Kier molecular flexibility index (Phi) is 5.82. The molecule has 0 N–H and O–H groups in total. The first-order chi connectivity index (χ1) is 7.76. The predicted molar refractivity (Wildman–Crippen MR) is 76.8 cm³/mol. The average Bonchev–Trinajstić information content (AvgIpc) is 2.37. The summed E-state index contributed by atoms with van der Waals surface area (Å²) in [4.78, 5) is 0. The summed E-state index contributed by atoms with van der Waals surface area (Å²) in [5, 5.41) is 0. The fraction of sp³-hybridized carbons (Fsp3) is 0.600. The van der Waals surface area contributed by atoms with Crippen LogP contribution in [0.5, 0.6) is 0 Å². The minimum Gasteiger partial charge on any atom is -0.0678 e. The quantitative estimate of drug-likeness (QED) is 0.574. The summed E-state index contributed by atoms with van der Waals surface area (Å²) < 4.78 is 0. The van der Waals surface area contributed by atoms with Crippen molar-refractivity contribution in [3.63, 3.8) is 0 Å². The lowest BCUT2D eigenvalue weighted by molar-refractivity contribution is 0.881. The molecular weight excluding hydrogens is 208 g/mol. The summed E-state index contributed by atoms with van der Waals surface area (Å²) in [5.74, 6) is 0. The van der Waals surface area contributed by atoms with Gasteiger partial charge in [0.25, 0.3) is 0 Å². The summed E-state index contributed by atoms with van der Waals surface area (Å²) in [6.07, 6.45) is 2.67. The Balaban J connectivity index is 2.39. The van der Waals surface area contributed by atoms with Gasteiger partial charge in [-0.15, -0.1) is 0 Å². The maximum absolute atomic E-state index is 2.40. The summed E-state index contributed by atoms with van der Waals surface area (Å²) in [5.41, 5.74) is 1.51. The van der Waals surface area contributed by atoms with Crippen LogP contribution in [0.25, 0.3) is 0 Å². The average molecular weight is 234 g/mol. The van der Waals surface area contributed by atoms with E-state index in [1.165, 1.54) is 42.6 Å². The minimum absolute atomic E-state index is 0.871. The minimum atomic E-state index is -0.871. The molecule has 16 heavy (non-hydrogen) atoms. The lowest BCUT2D eigenvalue weighted by Gasteiger charge is -2.28. The number of hydrogen-bond acceptors (Lipinski definition) is 0. The van der Waals surface area contributed by atoms with Crippen LogP contribution < -0.4 is 0 Å². The molecule has 0 unspecified atom stereocenters. The molecule has 0 saturated carbocycles. The molecule has 0 bridgehead atoms. The molecule has 0 saturated heterocycles. The number of rotatable bonds is 7. The van der Waals surface area contributed by atoms with E-state index < -0.39 is 8.07 Å². The molecule has 0 spiro atoms. The smallest absolute Gasteiger partial charge is 0.0527 e. The number of benzene rings is 1. The number of aryl methyl sites for hydroxylation is 1. The second kappa shape index (κ2) is 6.90. The molecule has 90 valence electrons. The zero-order valence-electron chi connectivity index (χ0n) is 11.1. The van der Waals surface area contributed by atoms with E-state index in [1.54, 1.807) is 0 Å². The maximum atomic E-state index is 2.40. The Hall–Kier alpha value is -0.563. The molecule has 0 aliphatic carbocycles. The Bertz CT molecular complexity index is 266. The molecule has 1 heteroatoms. The highest BCUT2D eigenvalue weighted by molar-refractivity contribution is 6.79. The van der Waals surface area contributed by atoms with Gasteiger partial charge in [0.1, 0.15) is 0 Å². The van der Waals surface area contributed by atoms with Crippen molar-refractivity contribution in [2.24, 2.45) is 0 Å². The van der Waals surface area contributed by atoms with Gasteiger partial charge in [-0.3, -0.25) is 0 Å². The molecule has 0 radical (unpaired) electrons. The molecule has 1 aromatic rings. The van der Waals surface area contributed by atoms with Gasteiger partial charge in [0.05, 0.1) is 8.07 Å². The summed E-state index contributed by atoms with van der Waals surface area (Å²) in [6.45, 7) is 7.21. The van der Waals surface area contributed by atoms with Crippen LogP contribution in [0.1, 0.15) is 32.8 Å². The first kappa shape index (κ1) is 13.5. The van der Waals surface area contributed by atoms with Crippen LogP contribution in [0.2, 0.25) is 24.2 Å². The van der Waals surface area contributed by atoms with Gasteiger partial charge in [-0.05, 0) is 12.0 Å². The van der Waals surface area contributed by atoms with E-state index in [-0.39, 0.29) is 0 Å². The predicted octanol–water partition coefficient (Wildman–Crippen LogP) is 5.13. The molecule has 0 heterocycles. The van der Waals surface area contributed by atoms with Gasteiger partial charge in [-0.1, -0.05) is 81.7 Å². The maximum Gasteiger partial charge on any atom is 0.0527 e. The summed E-state index contributed by atoms with van der Waals surface area (Å²) in [6, 6.07) is 16.8. The van der Waals surface area contributed by atoms with Crippen LogP contribution in [0.3, 0.4) is 0 Å². The van der Waals surface area contributed by atoms with Crippen molar-refractivity contribution in [1.82, 2.24) is 0 Å². The zero-order chi connectivity index (χ0) is 11.9. The first-order valence-electron chi connectivity index (χ1n) is 6.80. The molecule has 0 amide bonds. The van der Waals surface area contributed by atoms with Gasteiger partial charge in [-0.25, -0.2) is 0 Å². The third-order valence-corrected chi connectivity index (χ3v) is 10.2. The zero-order valence-corrected chi connectivity index (χ0v) is 12.1. The van der Waals surface area contributed by atoms with Crippen LogP contribution in [0.15, 0.2) is 30.3 Å². The van der Waals surface area contributed by atoms with E-state index in [4.69, 9.17) is 0 Å². The van der Waals surface area contributed by atoms with Gasteiger partial charge in [0.15, 0.2) is 0 Å². The second-order valence-electron chi connectivity index (χ2n) is 4.90. The topological polar surface area (TPSA) is 0 Å². The van der Waals surface area contributed by atoms with Gasteiger partial charge >= 0.3 is 0 Å². The Labute approximate surface area is 102 Å². The van der Waals surface area contributed by atoms with Gasteiger partial charge < -0.3 is 0 Å². The lowest BCUT2D eigenvalue weighted by atomic mass is 10.1. The van der Waals surface area contributed by atoms with Crippen molar-refractivity contribution >= 4 is 8.07 Å². The van der Waals surface area contributed by atoms with Crippen LogP contribution in [0, 0.1) is 0 Å². The monoisotopic (exact) mass is 234 g/mol. The highest BCUT2D eigenvalue weighted by Crippen LogP contribution is 2.27. The molecule has 0 atom stereocenters. The van der Waals surface area contributed by atoms with Crippen molar-refractivity contribution in [3.05, 3.63) is 35.9 Å². The fourth-order valence-corrected chi connectivity index (χ4v) is 6.08. The van der Waals surface area contributed by atoms with Crippen molar-refractivity contribution in [1.29, 1.82) is 0 Å². The van der Waals surface area contributed by atoms with Gasteiger partial charge in [0.2, 0.25) is 0 Å². The largest absolute Gasteiger partial charge is 0.0678 e. The third kappa shape index (κ3) is 3.78. The van der Waals surface area contributed by atoms with Gasteiger partial charge in [-0.2, -0.15) is 0 Å². The van der Waals surface area contributed by atoms with E-state index in [1.807, 2.05) is 0 Å². The van der Waals surface area contributed by atoms with Crippen molar-refractivity contribution in [3.8, 4) is 0 Å². The molecular formula is C15H26Si. The van der Waals surface area contributed by atoms with Crippen molar-refractivity contribution < 1.29 is 0 Å². The lowest BCUT2D eigenvalue weighted by Crippen LogP contribution is -2.30. The number of hydrogen-bond donors (Lipinski definition) is 0. The fourth-order valence-electron chi connectivity index (χ4n) is 2.59. The molecule has 0 nitrogen and oxygen atoms in total. The van der Waals surface area contributed by atoms with Crippen LogP contribution in [-0.2, 0) is 6.42 Å². The molecule has 0 aliphatic rings. The van der Waals surface area contributed by atoms with Gasteiger partial charge in [0, 0.05) is 0 Å². The van der Waals surface area contributed by atoms with E-state index in [0.29, 0.717) is 0 Å².